The Bertz CT molecular complexity index is 1340. The van der Waals surface area contributed by atoms with Crippen molar-refractivity contribution in [2.45, 2.75) is 11.6 Å². The van der Waals surface area contributed by atoms with Crippen LogP contribution in [0.3, 0.4) is 0 Å². The molecular formula is C23H22N4O6S2. The molecule has 35 heavy (non-hydrogen) atoms. The molecule has 0 fully saturated rings. The second-order valence-corrected chi connectivity index (χ2v) is 9.71. The van der Waals surface area contributed by atoms with Crippen molar-refractivity contribution in [1.29, 1.82) is 5.26 Å². The monoisotopic (exact) mass is 514 g/mol. The molecule has 0 aliphatic carbocycles. The van der Waals surface area contributed by atoms with Gasteiger partial charge in [-0.15, -0.1) is 0 Å². The van der Waals surface area contributed by atoms with Crippen LogP contribution in [0.1, 0.15) is 12.0 Å². The van der Waals surface area contributed by atoms with Crippen LogP contribution in [0.25, 0.3) is 6.08 Å². The molecule has 1 heterocycles. The maximum absolute atomic E-state index is 12.4. The number of rotatable bonds is 11. The summed E-state index contributed by atoms with van der Waals surface area (Å²) in [6, 6.07) is 16.1. The highest BCUT2D eigenvalue weighted by molar-refractivity contribution is 7.90. The molecule has 0 bridgehead atoms. The summed E-state index contributed by atoms with van der Waals surface area (Å²) >= 11 is 0.712. The van der Waals surface area contributed by atoms with Crippen LogP contribution in [-0.2, 0) is 14.6 Å². The molecule has 0 radical (unpaired) electrons. The molecular weight excluding hydrogens is 492 g/mol. The molecule has 0 aliphatic heterocycles. The Morgan fingerprint density at radius 3 is 2.43 bits per heavy atom. The lowest BCUT2D eigenvalue weighted by molar-refractivity contribution is -0.112. The first-order valence-electron chi connectivity index (χ1n) is 10.3. The molecule has 0 aliphatic rings. The van der Waals surface area contributed by atoms with Gasteiger partial charge in [0.15, 0.2) is 11.5 Å². The van der Waals surface area contributed by atoms with E-state index in [1.807, 2.05) is 30.3 Å². The highest BCUT2D eigenvalue weighted by Gasteiger charge is 2.17. The molecule has 0 saturated heterocycles. The first-order chi connectivity index (χ1) is 16.8. The van der Waals surface area contributed by atoms with Gasteiger partial charge in [-0.25, -0.2) is 8.42 Å². The van der Waals surface area contributed by atoms with Gasteiger partial charge in [-0.1, -0.05) is 24.3 Å². The zero-order valence-electron chi connectivity index (χ0n) is 18.9. The summed E-state index contributed by atoms with van der Waals surface area (Å²) in [5, 5.41) is 11.3. The van der Waals surface area contributed by atoms with Crippen LogP contribution in [0, 0.1) is 11.3 Å². The number of carbonyl (C=O) groups excluding carboxylic acids is 1. The quantitative estimate of drug-likeness (QED) is 0.232. The van der Waals surface area contributed by atoms with Crippen molar-refractivity contribution >= 4 is 38.5 Å². The molecule has 2 aromatic carbocycles. The zero-order chi connectivity index (χ0) is 25.3. The molecule has 0 atom stereocenters. The average Bonchev–Trinajstić information content (AvgIpc) is 3.32. The number of nitrogens with one attached hydrogen (secondary N) is 1. The number of hydrogen-bond acceptors (Lipinski definition) is 10. The molecule has 0 unspecified atom stereocenters. The van der Waals surface area contributed by atoms with E-state index < -0.39 is 15.7 Å². The molecule has 1 N–H and O–H groups in total. The highest BCUT2D eigenvalue weighted by Crippen LogP contribution is 2.25. The molecule has 1 aromatic heterocycles. The van der Waals surface area contributed by atoms with E-state index in [0.717, 1.165) is 6.26 Å². The SMILES string of the molecule is COc1ccccc1OCCCOc1ccc(/C=C(/C#N)C(=O)Nc2nc(S(C)(=O)=O)ns2)cc1. The number of hydrogen-bond donors (Lipinski definition) is 1. The summed E-state index contributed by atoms with van der Waals surface area (Å²) in [5.41, 5.74) is 0.431. The summed E-state index contributed by atoms with van der Waals surface area (Å²) in [5.74, 6) is 1.25. The van der Waals surface area contributed by atoms with Gasteiger partial charge in [0, 0.05) is 24.2 Å². The molecule has 0 spiro atoms. The van der Waals surface area contributed by atoms with Crippen LogP contribution < -0.4 is 19.5 Å². The fourth-order valence-corrected chi connectivity index (χ4v) is 4.16. The Hall–Kier alpha value is -3.95. The largest absolute Gasteiger partial charge is 0.493 e. The molecule has 3 aromatic rings. The normalized spacial score (nSPS) is 11.4. The standard InChI is InChI=1S/C23H22N4O6S2/c1-31-19-6-3-4-7-20(19)33-13-5-12-32-18-10-8-16(9-11-18)14-17(15-24)21(28)25-22-26-23(27-34-22)35(2,29)30/h3-4,6-11,14H,5,12-13H2,1-2H3,(H,25,26,27,28)/b17-14-. The summed E-state index contributed by atoms with van der Waals surface area (Å²) in [6.07, 6.45) is 3.02. The van der Waals surface area contributed by atoms with Crippen molar-refractivity contribution in [2.75, 3.05) is 31.9 Å². The predicted octanol–water partition coefficient (Wildman–Crippen LogP) is 3.34. The van der Waals surface area contributed by atoms with E-state index in [4.69, 9.17) is 14.2 Å². The van der Waals surface area contributed by atoms with Crippen LogP contribution in [0.15, 0.2) is 59.3 Å². The number of anilines is 1. The van der Waals surface area contributed by atoms with E-state index >= 15 is 0 Å². The topological polar surface area (TPSA) is 140 Å². The smallest absolute Gasteiger partial charge is 0.268 e. The van der Waals surface area contributed by atoms with Gasteiger partial charge < -0.3 is 14.2 Å². The van der Waals surface area contributed by atoms with E-state index in [-0.39, 0.29) is 15.9 Å². The number of amides is 1. The van der Waals surface area contributed by atoms with E-state index in [1.165, 1.54) is 6.08 Å². The van der Waals surface area contributed by atoms with Crippen molar-refractivity contribution in [3.05, 3.63) is 59.7 Å². The van der Waals surface area contributed by atoms with E-state index in [1.54, 1.807) is 31.4 Å². The van der Waals surface area contributed by atoms with Crippen LogP contribution in [0.2, 0.25) is 0 Å². The molecule has 3 rings (SSSR count). The molecule has 0 saturated carbocycles. The third-order valence-corrected chi connectivity index (χ3v) is 5.99. The summed E-state index contributed by atoms with van der Waals surface area (Å²) < 4.78 is 43.2. The number of nitrogens with zero attached hydrogens (tertiary/aromatic N) is 3. The maximum Gasteiger partial charge on any atom is 0.268 e. The van der Waals surface area contributed by atoms with Crippen LogP contribution in [0.4, 0.5) is 5.13 Å². The van der Waals surface area contributed by atoms with E-state index in [9.17, 15) is 18.5 Å². The van der Waals surface area contributed by atoms with Crippen LogP contribution >= 0.6 is 11.5 Å². The van der Waals surface area contributed by atoms with Crippen molar-refractivity contribution in [2.24, 2.45) is 0 Å². The Kier molecular flexibility index (Phi) is 8.77. The Labute approximate surface area is 206 Å². The van der Waals surface area contributed by atoms with Crippen LogP contribution in [0.5, 0.6) is 17.2 Å². The second kappa shape index (κ2) is 12.0. The minimum atomic E-state index is -3.59. The predicted molar refractivity (Wildman–Crippen MR) is 130 cm³/mol. The molecule has 12 heteroatoms. The van der Waals surface area contributed by atoms with Gasteiger partial charge in [-0.2, -0.15) is 14.6 Å². The van der Waals surface area contributed by atoms with Crippen LogP contribution in [-0.4, -0.2) is 50.3 Å². The van der Waals surface area contributed by atoms with Crippen molar-refractivity contribution in [1.82, 2.24) is 9.36 Å². The fraction of sp³-hybridized carbons (Fsp3) is 0.217. The van der Waals surface area contributed by atoms with Gasteiger partial charge in [-0.05, 0) is 35.9 Å². The number of benzene rings is 2. The number of para-hydroxylation sites is 2. The minimum Gasteiger partial charge on any atom is -0.493 e. The third-order valence-electron chi connectivity index (χ3n) is 4.40. The number of carbonyl (C=O) groups is 1. The zero-order valence-corrected chi connectivity index (χ0v) is 20.6. The lowest BCUT2D eigenvalue weighted by atomic mass is 10.1. The van der Waals surface area contributed by atoms with E-state index in [0.29, 0.717) is 54.0 Å². The fourth-order valence-electron chi connectivity index (χ4n) is 2.72. The summed E-state index contributed by atoms with van der Waals surface area (Å²) in [4.78, 5) is 16.1. The first-order valence-corrected chi connectivity index (χ1v) is 12.9. The third kappa shape index (κ3) is 7.53. The first kappa shape index (κ1) is 25.7. The maximum atomic E-state index is 12.4. The van der Waals surface area contributed by atoms with Gasteiger partial charge >= 0.3 is 0 Å². The number of methoxy groups -OCH3 is 1. The van der Waals surface area contributed by atoms with Gasteiger partial charge in [-0.3, -0.25) is 10.1 Å². The van der Waals surface area contributed by atoms with Crippen molar-refractivity contribution in [3.63, 3.8) is 0 Å². The Morgan fingerprint density at radius 2 is 1.80 bits per heavy atom. The average molecular weight is 515 g/mol. The molecule has 10 nitrogen and oxygen atoms in total. The number of aromatic nitrogens is 2. The minimum absolute atomic E-state index is 0.0185. The number of ether oxygens (including phenoxy) is 3. The lowest BCUT2D eigenvalue weighted by Crippen LogP contribution is -2.13. The Morgan fingerprint density at radius 1 is 1.11 bits per heavy atom. The highest BCUT2D eigenvalue weighted by atomic mass is 32.2. The molecule has 182 valence electrons. The summed E-state index contributed by atoms with van der Waals surface area (Å²) in [7, 11) is -2.00. The van der Waals surface area contributed by atoms with Gasteiger partial charge in [0.2, 0.25) is 15.0 Å². The van der Waals surface area contributed by atoms with Crippen molar-refractivity contribution in [3.8, 4) is 23.3 Å². The van der Waals surface area contributed by atoms with Gasteiger partial charge in [0.25, 0.3) is 11.1 Å². The van der Waals surface area contributed by atoms with Crippen molar-refractivity contribution < 1.29 is 27.4 Å². The van der Waals surface area contributed by atoms with Gasteiger partial charge in [0.1, 0.15) is 17.4 Å². The van der Waals surface area contributed by atoms with Gasteiger partial charge in [0.05, 0.1) is 20.3 Å². The summed E-state index contributed by atoms with van der Waals surface area (Å²) in [6.45, 7) is 0.898. The second-order valence-electron chi connectivity index (χ2n) is 7.05. The van der Waals surface area contributed by atoms with E-state index in [2.05, 4.69) is 14.7 Å². The molecule has 1 amide bonds. The Balaban J connectivity index is 1.50. The number of nitriles is 1. The lowest BCUT2D eigenvalue weighted by Gasteiger charge is -2.11. The number of sulfone groups is 1.